The number of nitrogens with one attached hydrogen (secondary N) is 2. The summed E-state index contributed by atoms with van der Waals surface area (Å²) in [6.07, 6.45) is 1.78. The van der Waals surface area contributed by atoms with Crippen molar-refractivity contribution in [2.45, 2.75) is 6.92 Å². The lowest BCUT2D eigenvalue weighted by atomic mass is 10.2. The highest BCUT2D eigenvalue weighted by molar-refractivity contribution is 6.32. The monoisotopic (exact) mass is 391 g/mol. The number of aryl methyl sites for hydroxylation is 1. The first-order valence-electron chi connectivity index (χ1n) is 8.69. The molecule has 0 fully saturated rings. The number of anilines is 4. The average molecular weight is 392 g/mol. The van der Waals surface area contributed by atoms with Crippen LogP contribution in [-0.4, -0.2) is 22.1 Å². The quantitative estimate of drug-likeness (QED) is 0.469. The lowest BCUT2D eigenvalue weighted by Gasteiger charge is -2.12. The smallest absolute Gasteiger partial charge is 0.229 e. The average Bonchev–Trinajstić information content (AvgIpc) is 2.68. The number of para-hydroxylation sites is 1. The van der Waals surface area contributed by atoms with E-state index < -0.39 is 0 Å². The summed E-state index contributed by atoms with van der Waals surface area (Å²) >= 11 is 6.20. The molecule has 0 saturated carbocycles. The standard InChI is InChI=1S/C21H18ClN5O/c1-13-11-19(26-17-7-3-5-14-6-4-10-23-20(14)17)27-21(24-13)25-15-8-9-18(28-2)16(22)12-15/h3-12H,1-2H3,(H2,24,25,26,27). The minimum atomic E-state index is 0.469. The van der Waals surface area contributed by atoms with Crippen molar-refractivity contribution in [1.29, 1.82) is 0 Å². The van der Waals surface area contributed by atoms with E-state index >= 15 is 0 Å². The Morgan fingerprint density at radius 3 is 2.64 bits per heavy atom. The van der Waals surface area contributed by atoms with Crippen LogP contribution >= 0.6 is 11.6 Å². The lowest BCUT2D eigenvalue weighted by molar-refractivity contribution is 0.415. The van der Waals surface area contributed by atoms with Crippen LogP contribution in [0.5, 0.6) is 5.75 Å². The molecule has 140 valence electrons. The molecule has 0 bridgehead atoms. The number of methoxy groups -OCH3 is 1. The third-order valence-electron chi connectivity index (χ3n) is 4.16. The number of fused-ring (bicyclic) bond motifs is 1. The molecule has 2 aromatic carbocycles. The van der Waals surface area contributed by atoms with Gasteiger partial charge in [0.2, 0.25) is 5.95 Å². The fraction of sp³-hybridized carbons (Fsp3) is 0.0952. The topological polar surface area (TPSA) is 72.0 Å². The van der Waals surface area contributed by atoms with Crippen LogP contribution in [0.15, 0.2) is 60.8 Å². The summed E-state index contributed by atoms with van der Waals surface area (Å²) in [5.74, 6) is 1.76. The zero-order chi connectivity index (χ0) is 19.5. The summed E-state index contributed by atoms with van der Waals surface area (Å²) in [6, 6.07) is 17.2. The Morgan fingerprint density at radius 2 is 1.82 bits per heavy atom. The number of hydrogen-bond acceptors (Lipinski definition) is 6. The van der Waals surface area contributed by atoms with Crippen molar-refractivity contribution in [2.75, 3.05) is 17.7 Å². The molecule has 6 nitrogen and oxygen atoms in total. The van der Waals surface area contributed by atoms with Crippen LogP contribution in [0, 0.1) is 6.92 Å². The van der Waals surface area contributed by atoms with Gasteiger partial charge in [0.25, 0.3) is 0 Å². The van der Waals surface area contributed by atoms with E-state index in [0.29, 0.717) is 22.5 Å². The third-order valence-corrected chi connectivity index (χ3v) is 4.45. The summed E-state index contributed by atoms with van der Waals surface area (Å²) in [5, 5.41) is 8.10. The molecule has 0 spiro atoms. The molecular weight excluding hydrogens is 374 g/mol. The van der Waals surface area contributed by atoms with Crippen LogP contribution in [0.1, 0.15) is 5.69 Å². The lowest BCUT2D eigenvalue weighted by Crippen LogP contribution is -2.03. The highest BCUT2D eigenvalue weighted by atomic mass is 35.5. The van der Waals surface area contributed by atoms with Gasteiger partial charge < -0.3 is 15.4 Å². The Bertz CT molecular complexity index is 1140. The summed E-state index contributed by atoms with van der Waals surface area (Å²) in [5.41, 5.74) is 3.37. The van der Waals surface area contributed by atoms with Gasteiger partial charge in [-0.15, -0.1) is 0 Å². The van der Waals surface area contributed by atoms with Gasteiger partial charge in [-0.05, 0) is 37.3 Å². The fourth-order valence-electron chi connectivity index (χ4n) is 2.90. The van der Waals surface area contributed by atoms with Gasteiger partial charge in [0.1, 0.15) is 11.6 Å². The Kier molecular flexibility index (Phi) is 4.95. The molecule has 28 heavy (non-hydrogen) atoms. The van der Waals surface area contributed by atoms with E-state index in [9.17, 15) is 0 Å². The number of pyridine rings is 1. The van der Waals surface area contributed by atoms with Crippen molar-refractivity contribution in [1.82, 2.24) is 15.0 Å². The van der Waals surface area contributed by atoms with Gasteiger partial charge in [-0.3, -0.25) is 4.98 Å². The zero-order valence-corrected chi connectivity index (χ0v) is 16.2. The van der Waals surface area contributed by atoms with E-state index in [-0.39, 0.29) is 0 Å². The van der Waals surface area contributed by atoms with Crippen LogP contribution in [0.25, 0.3) is 10.9 Å². The van der Waals surface area contributed by atoms with Crippen molar-refractivity contribution < 1.29 is 4.74 Å². The normalized spacial score (nSPS) is 10.7. The molecule has 0 atom stereocenters. The number of ether oxygens (including phenoxy) is 1. The highest BCUT2D eigenvalue weighted by Gasteiger charge is 2.08. The molecular formula is C21H18ClN5O. The predicted molar refractivity (Wildman–Crippen MR) is 113 cm³/mol. The van der Waals surface area contributed by atoms with E-state index in [4.69, 9.17) is 16.3 Å². The molecule has 0 unspecified atom stereocenters. The van der Waals surface area contributed by atoms with Gasteiger partial charge in [-0.25, -0.2) is 4.98 Å². The summed E-state index contributed by atoms with van der Waals surface area (Å²) in [6.45, 7) is 1.92. The van der Waals surface area contributed by atoms with Gasteiger partial charge >= 0.3 is 0 Å². The molecule has 2 heterocycles. The van der Waals surface area contributed by atoms with E-state index in [2.05, 4.69) is 25.6 Å². The van der Waals surface area contributed by atoms with Gasteiger partial charge in [0, 0.05) is 29.0 Å². The van der Waals surface area contributed by atoms with Gasteiger partial charge in [0.05, 0.1) is 23.3 Å². The number of aromatic nitrogens is 3. The number of nitrogens with zero attached hydrogens (tertiary/aromatic N) is 3. The first kappa shape index (κ1) is 18.0. The maximum atomic E-state index is 6.20. The Hall–Kier alpha value is -3.38. The first-order chi connectivity index (χ1) is 13.6. The predicted octanol–water partition coefficient (Wildman–Crippen LogP) is 5.48. The molecule has 0 aliphatic carbocycles. The van der Waals surface area contributed by atoms with Gasteiger partial charge in [-0.2, -0.15) is 4.98 Å². The molecule has 0 amide bonds. The minimum Gasteiger partial charge on any atom is -0.495 e. The summed E-state index contributed by atoms with van der Waals surface area (Å²) in [4.78, 5) is 13.5. The maximum absolute atomic E-state index is 6.20. The molecule has 0 aliphatic rings. The van der Waals surface area contributed by atoms with Crippen LogP contribution < -0.4 is 15.4 Å². The molecule has 0 radical (unpaired) electrons. The maximum Gasteiger partial charge on any atom is 0.229 e. The molecule has 4 rings (SSSR count). The third kappa shape index (κ3) is 3.82. The zero-order valence-electron chi connectivity index (χ0n) is 15.4. The largest absolute Gasteiger partial charge is 0.495 e. The second-order valence-electron chi connectivity index (χ2n) is 6.20. The second kappa shape index (κ2) is 7.70. The Labute approximate surface area is 167 Å². The van der Waals surface area contributed by atoms with E-state index in [0.717, 1.165) is 28.0 Å². The molecule has 2 aromatic heterocycles. The number of hydrogen-bond donors (Lipinski definition) is 2. The van der Waals surface area contributed by atoms with Crippen LogP contribution in [0.3, 0.4) is 0 Å². The van der Waals surface area contributed by atoms with Crippen molar-refractivity contribution in [2.24, 2.45) is 0 Å². The van der Waals surface area contributed by atoms with Gasteiger partial charge in [0.15, 0.2) is 0 Å². The molecule has 0 saturated heterocycles. The molecule has 0 aliphatic heterocycles. The van der Waals surface area contributed by atoms with E-state index in [1.165, 1.54) is 0 Å². The van der Waals surface area contributed by atoms with Crippen LogP contribution in [0.4, 0.5) is 23.1 Å². The van der Waals surface area contributed by atoms with Crippen molar-refractivity contribution in [3.8, 4) is 5.75 Å². The minimum absolute atomic E-state index is 0.469. The summed E-state index contributed by atoms with van der Waals surface area (Å²) in [7, 11) is 1.58. The molecule has 4 aromatic rings. The summed E-state index contributed by atoms with van der Waals surface area (Å²) < 4.78 is 5.18. The van der Waals surface area contributed by atoms with Gasteiger partial charge in [-0.1, -0.05) is 29.8 Å². The van der Waals surface area contributed by atoms with E-state index in [1.807, 2.05) is 49.4 Å². The van der Waals surface area contributed by atoms with Crippen LogP contribution in [0.2, 0.25) is 5.02 Å². The first-order valence-corrected chi connectivity index (χ1v) is 9.07. The highest BCUT2D eigenvalue weighted by Crippen LogP contribution is 2.29. The Balaban J connectivity index is 1.63. The molecule has 7 heteroatoms. The fourth-order valence-corrected chi connectivity index (χ4v) is 3.16. The van der Waals surface area contributed by atoms with Crippen molar-refractivity contribution >= 4 is 45.6 Å². The van der Waals surface area contributed by atoms with Crippen molar-refractivity contribution in [3.05, 3.63) is 71.5 Å². The second-order valence-corrected chi connectivity index (χ2v) is 6.61. The SMILES string of the molecule is COc1ccc(Nc2nc(C)cc(Nc3cccc4cccnc34)n2)cc1Cl. The number of halogens is 1. The number of rotatable bonds is 5. The Morgan fingerprint density at radius 1 is 0.964 bits per heavy atom. The van der Waals surface area contributed by atoms with Crippen LogP contribution in [-0.2, 0) is 0 Å². The molecule has 2 N–H and O–H groups in total. The number of benzene rings is 2. The van der Waals surface area contributed by atoms with Crippen molar-refractivity contribution in [3.63, 3.8) is 0 Å². The van der Waals surface area contributed by atoms with E-state index in [1.54, 1.807) is 25.4 Å².